The molecule has 1 aromatic carbocycles. The molecule has 0 aromatic heterocycles. The van der Waals surface area contributed by atoms with E-state index in [1.165, 1.54) is 0 Å². The van der Waals surface area contributed by atoms with Crippen LogP contribution in [0.2, 0.25) is 0 Å². The molecule has 0 fully saturated rings. The molecule has 0 spiro atoms. The second-order valence-electron chi connectivity index (χ2n) is 5.38. The van der Waals surface area contributed by atoms with Crippen molar-refractivity contribution in [2.75, 3.05) is 6.61 Å². The normalized spacial score (nSPS) is 10.6. The van der Waals surface area contributed by atoms with E-state index in [1.54, 1.807) is 12.1 Å². The van der Waals surface area contributed by atoms with Crippen LogP contribution in [0.25, 0.3) is 0 Å². The quantitative estimate of drug-likeness (QED) is 0.767. The number of phenolic OH excluding ortho intramolecular Hbond substituents is 1. The molecular formula is C14H24O2. The Balaban J connectivity index is 0.000000293. The fourth-order valence-corrected chi connectivity index (χ4v) is 1.29. The molecule has 0 bridgehead atoms. The van der Waals surface area contributed by atoms with E-state index in [-0.39, 0.29) is 0 Å². The van der Waals surface area contributed by atoms with Crippen LogP contribution in [0, 0.1) is 19.3 Å². The van der Waals surface area contributed by atoms with Crippen LogP contribution in [0.3, 0.4) is 0 Å². The topological polar surface area (TPSA) is 40.5 Å². The van der Waals surface area contributed by atoms with Gasteiger partial charge in [-0.05, 0) is 48.9 Å². The molecule has 1 rings (SSSR count). The van der Waals surface area contributed by atoms with Gasteiger partial charge < -0.3 is 10.2 Å². The smallest absolute Gasteiger partial charge is 0.116 e. The van der Waals surface area contributed by atoms with Crippen LogP contribution in [-0.4, -0.2) is 16.8 Å². The monoisotopic (exact) mass is 224 g/mol. The first-order chi connectivity index (χ1) is 7.24. The number of aliphatic hydroxyl groups excluding tert-OH is 1. The van der Waals surface area contributed by atoms with E-state index in [4.69, 9.17) is 10.2 Å². The Morgan fingerprint density at radius 1 is 1.00 bits per heavy atom. The molecule has 0 aliphatic carbocycles. The highest BCUT2D eigenvalue weighted by atomic mass is 16.3. The molecule has 1 aromatic rings. The zero-order chi connectivity index (χ0) is 12.8. The molecule has 0 saturated carbocycles. The summed E-state index contributed by atoms with van der Waals surface area (Å²) in [4.78, 5) is 0. The van der Waals surface area contributed by atoms with Gasteiger partial charge in [-0.25, -0.2) is 0 Å². The van der Waals surface area contributed by atoms with Crippen molar-refractivity contribution < 1.29 is 10.2 Å². The van der Waals surface area contributed by atoms with Gasteiger partial charge in [0.05, 0.1) is 0 Å². The van der Waals surface area contributed by atoms with Crippen LogP contribution in [0.4, 0.5) is 0 Å². The Morgan fingerprint density at radius 2 is 1.44 bits per heavy atom. The van der Waals surface area contributed by atoms with Crippen molar-refractivity contribution in [2.24, 2.45) is 5.41 Å². The van der Waals surface area contributed by atoms with E-state index in [0.717, 1.165) is 17.5 Å². The van der Waals surface area contributed by atoms with Crippen molar-refractivity contribution in [3.05, 3.63) is 29.3 Å². The number of phenols is 1. The molecule has 0 saturated heterocycles. The number of benzene rings is 1. The molecule has 0 aliphatic rings. The van der Waals surface area contributed by atoms with Gasteiger partial charge in [-0.15, -0.1) is 0 Å². The maximum atomic E-state index is 8.99. The number of aromatic hydroxyl groups is 1. The molecule has 2 heteroatoms. The lowest BCUT2D eigenvalue weighted by Gasteiger charge is -2.14. The summed E-state index contributed by atoms with van der Waals surface area (Å²) >= 11 is 0. The summed E-state index contributed by atoms with van der Waals surface area (Å²) in [5.41, 5.74) is 2.51. The maximum Gasteiger partial charge on any atom is 0.116 e. The molecule has 16 heavy (non-hydrogen) atoms. The first-order valence-electron chi connectivity index (χ1n) is 5.63. The van der Waals surface area contributed by atoms with Gasteiger partial charge in [-0.3, -0.25) is 0 Å². The van der Waals surface area contributed by atoms with Gasteiger partial charge in [-0.1, -0.05) is 26.8 Å². The maximum absolute atomic E-state index is 8.99. The summed E-state index contributed by atoms with van der Waals surface area (Å²) in [5.74, 6) is 0.354. The SMILES string of the molecule is CC(C)(C)CCO.Cc1cc(C)cc(O)c1. The lowest BCUT2D eigenvalue weighted by Crippen LogP contribution is -2.06. The van der Waals surface area contributed by atoms with Gasteiger partial charge in [0.25, 0.3) is 0 Å². The molecule has 0 heterocycles. The second kappa shape index (κ2) is 6.54. The van der Waals surface area contributed by atoms with Crippen molar-refractivity contribution in [3.63, 3.8) is 0 Å². The zero-order valence-corrected chi connectivity index (χ0v) is 11.0. The highest BCUT2D eigenvalue weighted by Gasteiger charge is 2.06. The molecule has 92 valence electrons. The van der Waals surface area contributed by atoms with Crippen molar-refractivity contribution in [1.82, 2.24) is 0 Å². The van der Waals surface area contributed by atoms with E-state index in [9.17, 15) is 0 Å². The third-order valence-corrected chi connectivity index (χ3v) is 2.07. The molecule has 2 nitrogen and oxygen atoms in total. The molecule has 0 aliphatic heterocycles. The van der Waals surface area contributed by atoms with Gasteiger partial charge >= 0.3 is 0 Å². The number of hydrogen-bond acceptors (Lipinski definition) is 2. The summed E-state index contributed by atoms with van der Waals surface area (Å²) in [6.45, 7) is 10.6. The van der Waals surface area contributed by atoms with Crippen molar-refractivity contribution >= 4 is 0 Å². The van der Waals surface area contributed by atoms with E-state index in [0.29, 0.717) is 17.8 Å². The minimum atomic E-state index is 0.300. The average molecular weight is 224 g/mol. The van der Waals surface area contributed by atoms with Crippen LogP contribution in [0.5, 0.6) is 5.75 Å². The molecule has 0 unspecified atom stereocenters. The second-order valence-corrected chi connectivity index (χ2v) is 5.38. The summed E-state index contributed by atoms with van der Waals surface area (Å²) in [7, 11) is 0. The summed E-state index contributed by atoms with van der Waals surface area (Å²) in [6, 6.07) is 5.51. The fraction of sp³-hybridized carbons (Fsp3) is 0.571. The Hall–Kier alpha value is -1.02. The van der Waals surface area contributed by atoms with E-state index < -0.39 is 0 Å². The molecule has 2 N–H and O–H groups in total. The van der Waals surface area contributed by atoms with Gasteiger partial charge in [0.1, 0.15) is 5.75 Å². The van der Waals surface area contributed by atoms with Crippen LogP contribution in [0.1, 0.15) is 38.3 Å². The first-order valence-corrected chi connectivity index (χ1v) is 5.63. The van der Waals surface area contributed by atoms with Crippen LogP contribution >= 0.6 is 0 Å². The predicted molar refractivity (Wildman–Crippen MR) is 68.7 cm³/mol. The lowest BCUT2D eigenvalue weighted by atomic mass is 9.93. The van der Waals surface area contributed by atoms with Crippen molar-refractivity contribution in [3.8, 4) is 5.75 Å². The van der Waals surface area contributed by atoms with Gasteiger partial charge in [0.15, 0.2) is 0 Å². The fourth-order valence-electron chi connectivity index (χ4n) is 1.29. The Bertz CT molecular complexity index is 261. The average Bonchev–Trinajstić information content (AvgIpc) is 1.98. The molecule has 0 radical (unpaired) electrons. The number of hydrogen-bond donors (Lipinski definition) is 2. The predicted octanol–water partition coefficient (Wildman–Crippen LogP) is 3.42. The highest BCUT2D eigenvalue weighted by Crippen LogP contribution is 2.16. The Kier molecular flexibility index (Phi) is 6.12. The van der Waals surface area contributed by atoms with Gasteiger partial charge in [0.2, 0.25) is 0 Å². The standard InChI is InChI=1S/C8H10O.C6H14O/c1-6-3-7(2)5-8(9)4-6;1-6(2,3)4-5-7/h3-5,9H,1-2H3;7H,4-5H2,1-3H3. The largest absolute Gasteiger partial charge is 0.508 e. The van der Waals surface area contributed by atoms with Crippen molar-refractivity contribution in [1.29, 1.82) is 0 Å². The summed E-state index contributed by atoms with van der Waals surface area (Å²) in [6.07, 6.45) is 0.896. The number of rotatable bonds is 1. The van der Waals surface area contributed by atoms with Gasteiger partial charge in [0, 0.05) is 6.61 Å². The van der Waals surface area contributed by atoms with Crippen LogP contribution < -0.4 is 0 Å². The molecule has 0 atom stereocenters. The molecule has 0 amide bonds. The van der Waals surface area contributed by atoms with Crippen LogP contribution in [-0.2, 0) is 0 Å². The summed E-state index contributed by atoms with van der Waals surface area (Å²) in [5, 5.41) is 17.4. The number of aliphatic hydroxyl groups is 1. The Morgan fingerprint density at radius 3 is 1.62 bits per heavy atom. The highest BCUT2D eigenvalue weighted by molar-refractivity contribution is 5.31. The van der Waals surface area contributed by atoms with E-state index in [2.05, 4.69) is 20.8 Å². The third-order valence-electron chi connectivity index (χ3n) is 2.07. The van der Waals surface area contributed by atoms with Crippen molar-refractivity contribution in [2.45, 2.75) is 41.0 Å². The number of aryl methyl sites for hydroxylation is 2. The Labute approximate surface area is 98.9 Å². The minimum absolute atomic E-state index is 0.300. The molecular weight excluding hydrogens is 200 g/mol. The first kappa shape index (κ1) is 15.0. The minimum Gasteiger partial charge on any atom is -0.508 e. The zero-order valence-electron chi connectivity index (χ0n) is 11.0. The third kappa shape index (κ3) is 8.30. The summed E-state index contributed by atoms with van der Waals surface area (Å²) < 4.78 is 0. The van der Waals surface area contributed by atoms with E-state index >= 15 is 0 Å². The lowest BCUT2D eigenvalue weighted by molar-refractivity contribution is 0.225. The van der Waals surface area contributed by atoms with Gasteiger partial charge in [-0.2, -0.15) is 0 Å². The van der Waals surface area contributed by atoms with E-state index in [1.807, 2.05) is 19.9 Å². The van der Waals surface area contributed by atoms with Crippen LogP contribution in [0.15, 0.2) is 18.2 Å².